The molecular formula is C17H24N2O3S. The summed E-state index contributed by atoms with van der Waals surface area (Å²) in [7, 11) is 0. The van der Waals surface area contributed by atoms with Crippen LogP contribution in [0, 0.1) is 6.92 Å². The van der Waals surface area contributed by atoms with Crippen LogP contribution in [-0.4, -0.2) is 42.6 Å². The van der Waals surface area contributed by atoms with Crippen LogP contribution in [0.25, 0.3) is 0 Å². The number of carbonyl (C=O) groups excluding carboxylic acids is 2. The second kappa shape index (κ2) is 9.57. The third kappa shape index (κ3) is 7.05. The molecule has 0 unspecified atom stereocenters. The highest BCUT2D eigenvalue weighted by molar-refractivity contribution is 8.00. The smallest absolute Gasteiger partial charge is 0.234 e. The lowest BCUT2D eigenvalue weighted by atomic mass is 10.2. The van der Waals surface area contributed by atoms with E-state index in [2.05, 4.69) is 10.6 Å². The van der Waals surface area contributed by atoms with E-state index in [1.165, 1.54) is 11.8 Å². The topological polar surface area (TPSA) is 67.4 Å². The maximum Gasteiger partial charge on any atom is 0.234 e. The Hall–Kier alpha value is -1.53. The minimum atomic E-state index is -0.0900. The summed E-state index contributed by atoms with van der Waals surface area (Å²) in [4.78, 5) is 23.5. The molecule has 5 nitrogen and oxygen atoms in total. The molecule has 6 heteroatoms. The number of hydrogen-bond acceptors (Lipinski definition) is 4. The number of carbonyl (C=O) groups is 2. The fourth-order valence-electron chi connectivity index (χ4n) is 2.45. The van der Waals surface area contributed by atoms with Crippen molar-refractivity contribution < 1.29 is 14.3 Å². The number of amides is 2. The Balaban J connectivity index is 1.54. The molecule has 2 amide bonds. The zero-order chi connectivity index (χ0) is 16.5. The third-order valence-electron chi connectivity index (χ3n) is 3.58. The molecule has 126 valence electrons. The molecule has 0 saturated carbocycles. The van der Waals surface area contributed by atoms with E-state index in [4.69, 9.17) is 4.74 Å². The molecule has 1 aliphatic heterocycles. The monoisotopic (exact) mass is 336 g/mol. The normalized spacial score (nSPS) is 17.0. The van der Waals surface area contributed by atoms with E-state index in [-0.39, 0.29) is 17.6 Å². The molecule has 0 radical (unpaired) electrons. The van der Waals surface area contributed by atoms with Gasteiger partial charge in [0, 0.05) is 18.8 Å². The lowest BCUT2D eigenvalue weighted by molar-refractivity contribution is -0.118. The van der Waals surface area contributed by atoms with Gasteiger partial charge >= 0.3 is 0 Å². The second-order valence-electron chi connectivity index (χ2n) is 5.68. The maximum absolute atomic E-state index is 11.8. The molecule has 2 rings (SSSR count). The van der Waals surface area contributed by atoms with Crippen LogP contribution in [0.3, 0.4) is 0 Å². The number of aryl methyl sites for hydroxylation is 1. The largest absolute Gasteiger partial charge is 0.378 e. The summed E-state index contributed by atoms with van der Waals surface area (Å²) < 4.78 is 5.50. The van der Waals surface area contributed by atoms with Crippen molar-refractivity contribution >= 4 is 29.3 Å². The summed E-state index contributed by atoms with van der Waals surface area (Å²) in [5.74, 6) is 0.448. The van der Waals surface area contributed by atoms with E-state index in [1.807, 2.05) is 31.2 Å². The van der Waals surface area contributed by atoms with Crippen molar-refractivity contribution in [1.29, 1.82) is 0 Å². The summed E-state index contributed by atoms with van der Waals surface area (Å²) in [6.07, 6.45) is 3.36. The molecule has 1 heterocycles. The van der Waals surface area contributed by atoms with Crippen LogP contribution in [0.5, 0.6) is 0 Å². The Morgan fingerprint density at radius 1 is 1.30 bits per heavy atom. The van der Waals surface area contributed by atoms with E-state index in [1.54, 1.807) is 0 Å². The first-order chi connectivity index (χ1) is 11.1. The highest BCUT2D eigenvalue weighted by atomic mass is 32.2. The molecule has 1 aromatic rings. The summed E-state index contributed by atoms with van der Waals surface area (Å²) >= 11 is 1.32. The number of anilines is 1. The fraction of sp³-hybridized carbons (Fsp3) is 0.529. The Kier molecular flexibility index (Phi) is 7.42. The molecule has 1 atom stereocenters. The number of rotatable bonds is 8. The third-order valence-corrected chi connectivity index (χ3v) is 4.51. The van der Waals surface area contributed by atoms with Crippen LogP contribution in [0.1, 0.15) is 24.8 Å². The molecule has 0 aromatic heterocycles. The number of nitrogens with one attached hydrogen (secondary N) is 2. The lowest BCUT2D eigenvalue weighted by Gasteiger charge is -2.10. The maximum atomic E-state index is 11.8. The Bertz CT molecular complexity index is 530. The predicted molar refractivity (Wildman–Crippen MR) is 93.7 cm³/mol. The molecule has 1 aliphatic rings. The average Bonchev–Trinajstić information content (AvgIpc) is 3.00. The van der Waals surface area contributed by atoms with Gasteiger partial charge < -0.3 is 15.4 Å². The van der Waals surface area contributed by atoms with E-state index < -0.39 is 0 Å². The van der Waals surface area contributed by atoms with Crippen LogP contribution in [0.4, 0.5) is 5.69 Å². The van der Waals surface area contributed by atoms with Crippen molar-refractivity contribution in [1.82, 2.24) is 5.32 Å². The van der Waals surface area contributed by atoms with Crippen LogP contribution in [-0.2, 0) is 14.3 Å². The molecule has 1 saturated heterocycles. The number of hydrogen-bond donors (Lipinski definition) is 2. The molecule has 2 N–H and O–H groups in total. The standard InChI is InChI=1S/C17H24N2O3S/c1-13-4-2-5-14(10-13)19-17(21)12-23-11-16(20)18-8-7-15-6-3-9-22-15/h2,4-5,10,15H,3,6-9,11-12H2,1H3,(H,18,20)(H,19,21)/t15-/m1/s1. The highest BCUT2D eigenvalue weighted by Crippen LogP contribution is 2.14. The van der Waals surface area contributed by atoms with Gasteiger partial charge in [-0.05, 0) is 43.9 Å². The van der Waals surface area contributed by atoms with Gasteiger partial charge in [0.15, 0.2) is 0 Å². The lowest BCUT2D eigenvalue weighted by Crippen LogP contribution is -2.29. The Labute approximate surface area is 141 Å². The zero-order valence-corrected chi connectivity index (χ0v) is 14.3. The molecule has 1 aromatic carbocycles. The van der Waals surface area contributed by atoms with Crippen molar-refractivity contribution in [2.45, 2.75) is 32.3 Å². The van der Waals surface area contributed by atoms with Gasteiger partial charge in [0.2, 0.25) is 11.8 Å². The molecular weight excluding hydrogens is 312 g/mol. The van der Waals surface area contributed by atoms with Gasteiger partial charge in [0.1, 0.15) is 0 Å². The number of ether oxygens (including phenoxy) is 1. The van der Waals surface area contributed by atoms with E-state index >= 15 is 0 Å². The van der Waals surface area contributed by atoms with Crippen molar-refractivity contribution in [3.8, 4) is 0 Å². The van der Waals surface area contributed by atoms with Gasteiger partial charge in [-0.1, -0.05) is 12.1 Å². The van der Waals surface area contributed by atoms with Crippen molar-refractivity contribution in [3.63, 3.8) is 0 Å². The molecule has 23 heavy (non-hydrogen) atoms. The first-order valence-corrected chi connectivity index (χ1v) is 9.11. The molecule has 0 spiro atoms. The van der Waals surface area contributed by atoms with Gasteiger partial charge in [-0.15, -0.1) is 11.8 Å². The first-order valence-electron chi connectivity index (χ1n) is 7.96. The second-order valence-corrected chi connectivity index (χ2v) is 6.67. The van der Waals surface area contributed by atoms with Gasteiger partial charge in [-0.3, -0.25) is 9.59 Å². The summed E-state index contributed by atoms with van der Waals surface area (Å²) in [5, 5.41) is 5.70. The van der Waals surface area contributed by atoms with Gasteiger partial charge in [0.25, 0.3) is 0 Å². The van der Waals surface area contributed by atoms with Crippen molar-refractivity contribution in [2.24, 2.45) is 0 Å². The summed E-state index contributed by atoms with van der Waals surface area (Å²) in [6, 6.07) is 7.65. The van der Waals surface area contributed by atoms with Gasteiger partial charge in [-0.2, -0.15) is 0 Å². The first kappa shape index (κ1) is 17.8. The van der Waals surface area contributed by atoms with Crippen LogP contribution >= 0.6 is 11.8 Å². The summed E-state index contributed by atoms with van der Waals surface area (Å²) in [5.41, 5.74) is 1.89. The predicted octanol–water partition coefficient (Wildman–Crippen LogP) is 2.35. The fourth-order valence-corrected chi connectivity index (χ4v) is 3.10. The number of thioether (sulfide) groups is 1. The quantitative estimate of drug-likeness (QED) is 0.765. The minimum Gasteiger partial charge on any atom is -0.378 e. The van der Waals surface area contributed by atoms with Gasteiger partial charge in [-0.25, -0.2) is 0 Å². The minimum absolute atomic E-state index is 0.0312. The molecule has 0 bridgehead atoms. The SMILES string of the molecule is Cc1cccc(NC(=O)CSCC(=O)NCC[C@H]2CCCO2)c1. The van der Waals surface area contributed by atoms with E-state index in [9.17, 15) is 9.59 Å². The van der Waals surface area contributed by atoms with Crippen LogP contribution < -0.4 is 10.6 Å². The molecule has 1 fully saturated rings. The van der Waals surface area contributed by atoms with Crippen LogP contribution in [0.2, 0.25) is 0 Å². The summed E-state index contributed by atoms with van der Waals surface area (Å²) in [6.45, 7) is 3.45. The van der Waals surface area contributed by atoms with Crippen molar-refractivity contribution in [2.75, 3.05) is 30.0 Å². The van der Waals surface area contributed by atoms with Crippen molar-refractivity contribution in [3.05, 3.63) is 29.8 Å². The van der Waals surface area contributed by atoms with Crippen LogP contribution in [0.15, 0.2) is 24.3 Å². The Morgan fingerprint density at radius 3 is 2.87 bits per heavy atom. The van der Waals surface area contributed by atoms with E-state index in [0.717, 1.165) is 37.1 Å². The number of benzene rings is 1. The zero-order valence-electron chi connectivity index (χ0n) is 13.5. The van der Waals surface area contributed by atoms with E-state index in [0.29, 0.717) is 18.4 Å². The van der Waals surface area contributed by atoms with Gasteiger partial charge in [0.05, 0.1) is 17.6 Å². The molecule has 0 aliphatic carbocycles. The average molecular weight is 336 g/mol. The Morgan fingerprint density at radius 2 is 2.13 bits per heavy atom. The highest BCUT2D eigenvalue weighted by Gasteiger charge is 2.15.